The van der Waals surface area contributed by atoms with Gasteiger partial charge < -0.3 is 19.7 Å². The Labute approximate surface area is 241 Å². The molecule has 1 aliphatic carbocycles. The van der Waals surface area contributed by atoms with Gasteiger partial charge in [0.15, 0.2) is 5.82 Å². The Morgan fingerprint density at radius 1 is 1.14 bits per heavy atom. The van der Waals surface area contributed by atoms with E-state index in [9.17, 15) is 15.2 Å². The lowest BCUT2D eigenvalue weighted by atomic mass is 9.96. The number of hydrogen-bond donors (Lipinski definition) is 2. The molecule has 10 nitrogen and oxygen atoms in total. The molecule has 1 amide bonds. The molecule has 7 rings (SSSR count). The Hall–Kier alpha value is -4.50. The molecule has 2 aromatic carbocycles. The quantitative estimate of drug-likeness (QED) is 0.349. The van der Waals surface area contributed by atoms with Gasteiger partial charge in [-0.05, 0) is 65.9 Å². The first-order valence-corrected chi connectivity index (χ1v) is 13.9. The van der Waals surface area contributed by atoms with E-state index < -0.39 is 11.9 Å². The first kappa shape index (κ1) is 26.4. The molecule has 1 saturated heterocycles. The number of ether oxygens (including phenoxy) is 1. The Balaban J connectivity index is 1.25. The van der Waals surface area contributed by atoms with Crippen molar-refractivity contribution >= 4 is 11.7 Å². The van der Waals surface area contributed by atoms with Crippen LogP contribution in [0.25, 0.3) is 22.5 Å². The van der Waals surface area contributed by atoms with Crippen molar-refractivity contribution in [2.24, 2.45) is 7.05 Å². The number of hydrogen-bond acceptors (Lipinski definition) is 8. The molecule has 0 radical (unpaired) electrons. The summed E-state index contributed by atoms with van der Waals surface area (Å²) in [6, 6.07) is 14.4. The number of nitrogens with one attached hydrogen (secondary N) is 1. The average molecular weight is 566 g/mol. The van der Waals surface area contributed by atoms with Crippen LogP contribution in [0.4, 0.5) is 10.2 Å². The van der Waals surface area contributed by atoms with Crippen LogP contribution in [0.15, 0.2) is 48.8 Å². The highest BCUT2D eigenvalue weighted by Gasteiger charge is 2.34. The van der Waals surface area contributed by atoms with Gasteiger partial charge in [-0.2, -0.15) is 5.26 Å². The number of amides is 1. The molecule has 2 aliphatic heterocycles. The highest BCUT2D eigenvalue weighted by atomic mass is 19.1. The van der Waals surface area contributed by atoms with Crippen LogP contribution in [-0.4, -0.2) is 56.1 Å². The molecular formula is C31H28FN7O3. The van der Waals surface area contributed by atoms with E-state index >= 15 is 4.39 Å². The van der Waals surface area contributed by atoms with Gasteiger partial charge in [-0.15, -0.1) is 10.2 Å². The predicted molar refractivity (Wildman–Crippen MR) is 151 cm³/mol. The third-order valence-electron chi connectivity index (χ3n) is 8.18. The minimum atomic E-state index is -0.620. The molecule has 0 bridgehead atoms. The van der Waals surface area contributed by atoms with E-state index in [-0.39, 0.29) is 25.1 Å². The molecule has 2 aromatic heterocycles. The summed E-state index contributed by atoms with van der Waals surface area (Å²) in [7, 11) is 1.84. The van der Waals surface area contributed by atoms with Gasteiger partial charge in [0.2, 0.25) is 0 Å². The molecule has 0 unspecified atom stereocenters. The molecule has 11 heteroatoms. The number of fused-ring (bicyclic) bond motifs is 1. The van der Waals surface area contributed by atoms with Gasteiger partial charge >= 0.3 is 0 Å². The number of carbonyl (C=O) groups is 1. The number of nitriles is 1. The first-order chi connectivity index (χ1) is 20.4. The Bertz CT molecular complexity index is 1760. The number of carbonyl (C=O) groups excluding carboxylic acids is 1. The number of rotatable bonds is 7. The third-order valence-corrected chi connectivity index (χ3v) is 8.18. The molecule has 3 aliphatic rings. The number of aliphatic hydroxyl groups is 1. The van der Waals surface area contributed by atoms with Crippen molar-refractivity contribution in [3.63, 3.8) is 0 Å². The molecule has 4 heterocycles. The Morgan fingerprint density at radius 2 is 2.00 bits per heavy atom. The van der Waals surface area contributed by atoms with E-state index in [1.807, 2.05) is 25.2 Å². The fraction of sp³-hybridized carbons (Fsp3) is 0.323. The number of aryl methyl sites for hydroxylation is 1. The second-order valence-corrected chi connectivity index (χ2v) is 11.1. The zero-order valence-electron chi connectivity index (χ0n) is 22.9. The number of pyridine rings is 1. The maximum atomic E-state index is 15.3. The minimum absolute atomic E-state index is 0.0764. The third kappa shape index (κ3) is 4.73. The lowest BCUT2D eigenvalue weighted by Crippen LogP contribution is -2.38. The lowest BCUT2D eigenvalue weighted by Gasteiger charge is -2.18. The van der Waals surface area contributed by atoms with Crippen molar-refractivity contribution < 1.29 is 19.0 Å². The van der Waals surface area contributed by atoms with Crippen molar-refractivity contribution in [2.45, 2.75) is 44.0 Å². The topological polar surface area (TPSA) is 129 Å². The van der Waals surface area contributed by atoms with Crippen LogP contribution >= 0.6 is 0 Å². The molecule has 1 saturated carbocycles. The van der Waals surface area contributed by atoms with Crippen LogP contribution in [0.3, 0.4) is 0 Å². The molecule has 2 atom stereocenters. The van der Waals surface area contributed by atoms with E-state index in [4.69, 9.17) is 9.72 Å². The van der Waals surface area contributed by atoms with Crippen LogP contribution in [-0.2, 0) is 24.9 Å². The summed E-state index contributed by atoms with van der Waals surface area (Å²) in [5.74, 6) is 0.602. The molecule has 2 fully saturated rings. The van der Waals surface area contributed by atoms with E-state index in [0.717, 1.165) is 35.2 Å². The standard InChI is InChI=1S/C31H28FN7O3/c1-38-16-35-37-30(38)22-6-17(11-33)2-5-21(22)20-9-26(19-3-4-19)36-29(10-20)39-13-24-23(31(39)41)7-18(8-25(24)32)12-34-27-14-42-15-28(27)40/h2,5-10,16,19,27-28,34,40H,3-4,12-15H2,1H3/t27-,28+/m1/s1. The monoisotopic (exact) mass is 565 g/mol. The maximum Gasteiger partial charge on any atom is 0.260 e. The van der Waals surface area contributed by atoms with Crippen molar-refractivity contribution in [1.82, 2.24) is 25.1 Å². The number of nitrogens with zero attached hydrogens (tertiary/aromatic N) is 6. The second-order valence-electron chi connectivity index (χ2n) is 11.1. The summed E-state index contributed by atoms with van der Waals surface area (Å²) in [4.78, 5) is 20.1. The first-order valence-electron chi connectivity index (χ1n) is 13.9. The van der Waals surface area contributed by atoms with Gasteiger partial charge in [0.1, 0.15) is 18.0 Å². The molecular weight excluding hydrogens is 537 g/mol. The summed E-state index contributed by atoms with van der Waals surface area (Å²) in [5.41, 5.74) is 5.04. The molecule has 212 valence electrons. The summed E-state index contributed by atoms with van der Waals surface area (Å²) < 4.78 is 22.4. The fourth-order valence-electron chi connectivity index (χ4n) is 5.69. The van der Waals surface area contributed by atoms with E-state index in [2.05, 4.69) is 21.6 Å². The number of benzene rings is 2. The van der Waals surface area contributed by atoms with Gasteiger partial charge in [-0.1, -0.05) is 6.07 Å². The normalized spacial score (nSPS) is 19.8. The van der Waals surface area contributed by atoms with Gasteiger partial charge in [-0.25, -0.2) is 9.37 Å². The van der Waals surface area contributed by atoms with Crippen molar-refractivity contribution in [1.29, 1.82) is 5.26 Å². The average Bonchev–Trinajstić information content (AvgIpc) is 3.50. The zero-order valence-corrected chi connectivity index (χ0v) is 22.9. The number of aromatic nitrogens is 4. The SMILES string of the molecule is Cn1cnnc1-c1cc(C#N)ccc1-c1cc(C2CC2)nc(N2Cc3c(F)cc(CN[C@@H]4COC[C@@H]4O)cc3C2=O)c1. The van der Waals surface area contributed by atoms with E-state index in [1.54, 1.807) is 29.1 Å². The lowest BCUT2D eigenvalue weighted by molar-refractivity contribution is 0.0995. The second kappa shape index (κ2) is 10.4. The number of anilines is 1. The summed E-state index contributed by atoms with van der Waals surface area (Å²) in [6.07, 6.45) is 3.01. The molecule has 4 aromatic rings. The van der Waals surface area contributed by atoms with Gasteiger partial charge in [0, 0.05) is 41.9 Å². The van der Waals surface area contributed by atoms with Crippen LogP contribution in [0.1, 0.15) is 51.5 Å². The summed E-state index contributed by atoms with van der Waals surface area (Å²) in [6.45, 7) is 1.02. The van der Waals surface area contributed by atoms with Crippen LogP contribution in [0, 0.1) is 17.1 Å². The van der Waals surface area contributed by atoms with Crippen LogP contribution in [0.5, 0.6) is 0 Å². The Morgan fingerprint density at radius 3 is 2.71 bits per heavy atom. The highest BCUT2D eigenvalue weighted by Crippen LogP contribution is 2.43. The minimum Gasteiger partial charge on any atom is -0.389 e. The van der Waals surface area contributed by atoms with Gasteiger partial charge in [0.05, 0.1) is 43.5 Å². The van der Waals surface area contributed by atoms with Crippen LogP contribution < -0.4 is 10.2 Å². The van der Waals surface area contributed by atoms with Crippen molar-refractivity contribution in [2.75, 3.05) is 18.1 Å². The Kier molecular flexibility index (Phi) is 6.54. The highest BCUT2D eigenvalue weighted by molar-refractivity contribution is 6.10. The zero-order chi connectivity index (χ0) is 29.0. The predicted octanol–water partition coefficient (Wildman–Crippen LogP) is 3.44. The van der Waals surface area contributed by atoms with E-state index in [0.29, 0.717) is 53.0 Å². The number of halogens is 1. The summed E-state index contributed by atoms with van der Waals surface area (Å²) >= 11 is 0. The molecule has 2 N–H and O–H groups in total. The van der Waals surface area contributed by atoms with Gasteiger partial charge in [0.25, 0.3) is 5.91 Å². The smallest absolute Gasteiger partial charge is 0.260 e. The molecule has 0 spiro atoms. The van der Waals surface area contributed by atoms with Crippen LogP contribution in [0.2, 0.25) is 0 Å². The van der Waals surface area contributed by atoms with Crippen molar-refractivity contribution in [3.05, 3.63) is 82.6 Å². The van der Waals surface area contributed by atoms with E-state index in [1.165, 1.54) is 11.0 Å². The largest absolute Gasteiger partial charge is 0.389 e. The molecule has 42 heavy (non-hydrogen) atoms. The fourth-order valence-corrected chi connectivity index (χ4v) is 5.69. The van der Waals surface area contributed by atoms with Crippen molar-refractivity contribution in [3.8, 4) is 28.6 Å². The van der Waals surface area contributed by atoms with Gasteiger partial charge in [-0.3, -0.25) is 9.69 Å². The number of aliphatic hydroxyl groups excluding tert-OH is 1. The maximum absolute atomic E-state index is 15.3. The summed E-state index contributed by atoms with van der Waals surface area (Å²) in [5, 5.41) is 31.1.